The van der Waals surface area contributed by atoms with Crippen molar-refractivity contribution in [2.75, 3.05) is 66.0 Å². The number of nitro benzene ring substituents is 1. The molecule has 0 bridgehead atoms. The number of nitrogens with zero attached hydrogens (tertiary/aromatic N) is 6. The molecule has 4 aromatic rings. The predicted molar refractivity (Wildman–Crippen MR) is 177 cm³/mol. The number of hydrogen-bond donors (Lipinski definition) is 1. The molecule has 49 heavy (non-hydrogen) atoms. The molecule has 3 heterocycles. The third kappa shape index (κ3) is 7.57. The van der Waals surface area contributed by atoms with Crippen LogP contribution in [0.15, 0.2) is 79.0 Å². The van der Waals surface area contributed by atoms with Gasteiger partial charge in [-0.2, -0.15) is 13.2 Å². The van der Waals surface area contributed by atoms with Crippen LogP contribution in [0.3, 0.4) is 0 Å². The number of nitro groups is 1. The van der Waals surface area contributed by atoms with Crippen molar-refractivity contribution in [2.45, 2.75) is 24.7 Å². The minimum absolute atomic E-state index is 0.0333. The Kier molecular flexibility index (Phi) is 9.93. The zero-order valence-electron chi connectivity index (χ0n) is 27.2. The van der Waals surface area contributed by atoms with Gasteiger partial charge < -0.3 is 24.3 Å². The standard InChI is InChI=1S/C35H39F3N6O5/c1-39-14-5-15-41(19-16-39)33(45)27-8-11-29(12-9-27)49-43-20-17-40(18-21-43)25-34(46,35(36,37)38)31-24-42(23-26-6-3-2-4-7-26)32-22-28(44(47)48)10-13-30(31)32/h2-4,6-13,22,24,46H,5,14-21,23,25H2,1H3. The van der Waals surface area contributed by atoms with Crippen molar-refractivity contribution >= 4 is 22.5 Å². The maximum Gasteiger partial charge on any atom is 0.422 e. The first-order chi connectivity index (χ1) is 23.4. The summed E-state index contributed by atoms with van der Waals surface area (Å²) in [5, 5.41) is 24.8. The fourth-order valence-corrected chi connectivity index (χ4v) is 6.50. The largest absolute Gasteiger partial charge is 0.422 e. The fourth-order valence-electron chi connectivity index (χ4n) is 6.50. The smallest absolute Gasteiger partial charge is 0.406 e. The Labute approximate surface area is 281 Å². The van der Waals surface area contributed by atoms with Crippen LogP contribution in [-0.2, 0) is 12.1 Å². The van der Waals surface area contributed by atoms with Crippen LogP contribution in [0.4, 0.5) is 18.9 Å². The van der Waals surface area contributed by atoms with Crippen molar-refractivity contribution < 1.29 is 32.8 Å². The molecule has 1 unspecified atom stereocenters. The van der Waals surface area contributed by atoms with Gasteiger partial charge in [0.1, 0.15) is 5.75 Å². The number of β-amino-alcohol motifs (C(OH)–C–C–N with tert-alkyl or cyclic N) is 1. The van der Waals surface area contributed by atoms with E-state index < -0.39 is 23.2 Å². The molecule has 3 aromatic carbocycles. The Hall–Kier alpha value is -4.50. The highest BCUT2D eigenvalue weighted by Gasteiger charge is 2.57. The van der Waals surface area contributed by atoms with E-state index in [-0.39, 0.29) is 60.8 Å². The third-order valence-electron chi connectivity index (χ3n) is 9.31. The molecule has 1 atom stereocenters. The summed E-state index contributed by atoms with van der Waals surface area (Å²) in [7, 11) is 2.04. The summed E-state index contributed by atoms with van der Waals surface area (Å²) in [6, 6.07) is 19.6. The summed E-state index contributed by atoms with van der Waals surface area (Å²) < 4.78 is 46.1. The Morgan fingerprint density at radius 3 is 2.31 bits per heavy atom. The lowest BCUT2D eigenvalue weighted by atomic mass is 9.91. The number of fused-ring (bicyclic) bond motifs is 1. The molecular weight excluding hydrogens is 641 g/mol. The lowest BCUT2D eigenvalue weighted by Crippen LogP contribution is -2.56. The number of aromatic nitrogens is 1. The first kappa shape index (κ1) is 34.4. The average Bonchev–Trinajstić information content (AvgIpc) is 3.30. The van der Waals surface area contributed by atoms with Crippen LogP contribution in [-0.4, -0.2) is 112 Å². The number of piperazine rings is 1. The minimum atomic E-state index is -5.04. The molecule has 11 nitrogen and oxygen atoms in total. The van der Waals surface area contributed by atoms with E-state index in [9.17, 15) is 33.2 Å². The molecule has 14 heteroatoms. The van der Waals surface area contributed by atoms with Crippen molar-refractivity contribution in [1.82, 2.24) is 24.3 Å². The van der Waals surface area contributed by atoms with E-state index in [1.54, 1.807) is 46.4 Å². The van der Waals surface area contributed by atoms with Crippen LogP contribution in [0, 0.1) is 10.1 Å². The number of rotatable bonds is 9. The molecule has 0 spiro atoms. The van der Waals surface area contributed by atoms with Gasteiger partial charge in [-0.3, -0.25) is 19.8 Å². The van der Waals surface area contributed by atoms with E-state index in [4.69, 9.17) is 4.84 Å². The van der Waals surface area contributed by atoms with E-state index in [1.807, 2.05) is 30.1 Å². The predicted octanol–water partition coefficient (Wildman–Crippen LogP) is 4.74. The second-order valence-electron chi connectivity index (χ2n) is 12.7. The number of hydrogen-bond acceptors (Lipinski definition) is 8. The van der Waals surface area contributed by atoms with Gasteiger partial charge in [0.2, 0.25) is 5.60 Å². The van der Waals surface area contributed by atoms with E-state index in [1.165, 1.54) is 22.9 Å². The first-order valence-corrected chi connectivity index (χ1v) is 16.3. The third-order valence-corrected chi connectivity index (χ3v) is 9.31. The van der Waals surface area contributed by atoms with E-state index >= 15 is 0 Å². The van der Waals surface area contributed by atoms with E-state index in [2.05, 4.69) is 4.90 Å². The zero-order valence-corrected chi connectivity index (χ0v) is 27.2. The number of hydroxylamine groups is 2. The van der Waals surface area contributed by atoms with Gasteiger partial charge in [0.05, 0.1) is 10.4 Å². The van der Waals surface area contributed by atoms with Gasteiger partial charge in [0.15, 0.2) is 0 Å². The van der Waals surface area contributed by atoms with Gasteiger partial charge in [0, 0.05) is 93.7 Å². The SMILES string of the molecule is CN1CCCN(C(=O)c2ccc(ON3CCN(CC(O)(c4cn(Cc5ccccc5)c5cc([N+](=O)[O-])ccc45)C(F)(F)F)CC3)cc2)CC1. The minimum Gasteiger partial charge on any atom is -0.406 e. The lowest BCUT2D eigenvalue weighted by molar-refractivity contribution is -0.384. The topological polar surface area (TPSA) is 108 Å². The highest BCUT2D eigenvalue weighted by Crippen LogP contribution is 2.44. The van der Waals surface area contributed by atoms with Crippen molar-refractivity contribution in [3.63, 3.8) is 0 Å². The number of alkyl halides is 3. The van der Waals surface area contributed by atoms with Crippen LogP contribution in [0.25, 0.3) is 10.9 Å². The van der Waals surface area contributed by atoms with Gasteiger partial charge in [-0.15, -0.1) is 5.06 Å². The maximum absolute atomic E-state index is 14.9. The Morgan fingerprint density at radius 2 is 1.63 bits per heavy atom. The number of carbonyl (C=O) groups is 1. The van der Waals surface area contributed by atoms with Crippen LogP contribution in [0.1, 0.15) is 27.9 Å². The average molecular weight is 681 g/mol. The van der Waals surface area contributed by atoms with Gasteiger partial charge in [-0.1, -0.05) is 30.3 Å². The quantitative estimate of drug-likeness (QED) is 0.200. The molecule has 2 saturated heterocycles. The summed E-state index contributed by atoms with van der Waals surface area (Å²) in [6.45, 7) is 3.50. The first-order valence-electron chi connectivity index (χ1n) is 16.3. The molecule has 2 fully saturated rings. The number of benzene rings is 3. The molecular formula is C35H39F3N6O5. The van der Waals surface area contributed by atoms with Crippen molar-refractivity contribution in [3.8, 4) is 5.75 Å². The molecule has 2 aliphatic heterocycles. The van der Waals surface area contributed by atoms with Gasteiger partial charge in [-0.05, 0) is 55.9 Å². The van der Waals surface area contributed by atoms with E-state index in [0.29, 0.717) is 24.4 Å². The highest BCUT2D eigenvalue weighted by atomic mass is 19.4. The number of aliphatic hydroxyl groups is 1. The molecule has 260 valence electrons. The van der Waals surface area contributed by atoms with Crippen LogP contribution in [0.2, 0.25) is 0 Å². The Balaban J connectivity index is 1.15. The number of amides is 1. The number of halogens is 3. The molecule has 6 rings (SSSR count). The number of likely N-dealkylation sites (N-methyl/N-ethyl adjacent to an activating group) is 1. The Morgan fingerprint density at radius 1 is 0.918 bits per heavy atom. The van der Waals surface area contributed by atoms with E-state index in [0.717, 1.165) is 31.1 Å². The maximum atomic E-state index is 14.9. The number of non-ortho nitro benzene ring substituents is 1. The second kappa shape index (κ2) is 14.2. The normalized spacial score (nSPS) is 18.3. The summed E-state index contributed by atoms with van der Waals surface area (Å²) in [5.74, 6) is 0.474. The summed E-state index contributed by atoms with van der Waals surface area (Å²) in [6.07, 6.45) is -2.87. The molecule has 1 aromatic heterocycles. The monoisotopic (exact) mass is 680 g/mol. The van der Waals surface area contributed by atoms with Crippen molar-refractivity contribution in [3.05, 3.63) is 106 Å². The molecule has 0 aliphatic carbocycles. The second-order valence-corrected chi connectivity index (χ2v) is 12.7. The highest BCUT2D eigenvalue weighted by molar-refractivity contribution is 5.94. The molecule has 1 N–H and O–H groups in total. The number of carbonyl (C=O) groups excluding carboxylic acids is 1. The molecule has 0 radical (unpaired) electrons. The molecule has 2 aliphatic rings. The van der Waals surface area contributed by atoms with Gasteiger partial charge in [0.25, 0.3) is 11.6 Å². The Bertz CT molecular complexity index is 1780. The summed E-state index contributed by atoms with van der Waals surface area (Å²) in [4.78, 5) is 35.5. The zero-order chi connectivity index (χ0) is 34.8. The van der Waals surface area contributed by atoms with Crippen molar-refractivity contribution in [1.29, 1.82) is 0 Å². The molecule has 0 saturated carbocycles. The fraction of sp³-hybridized carbons (Fsp3) is 0.400. The summed E-state index contributed by atoms with van der Waals surface area (Å²) in [5.41, 5.74) is -2.30. The van der Waals surface area contributed by atoms with Crippen LogP contribution < -0.4 is 4.84 Å². The van der Waals surface area contributed by atoms with Crippen molar-refractivity contribution in [2.24, 2.45) is 0 Å². The van der Waals surface area contributed by atoms with Crippen LogP contribution in [0.5, 0.6) is 5.75 Å². The molecule has 1 amide bonds. The summed E-state index contributed by atoms with van der Waals surface area (Å²) >= 11 is 0. The lowest BCUT2D eigenvalue weighted by Gasteiger charge is -2.39. The van der Waals surface area contributed by atoms with Crippen LogP contribution >= 0.6 is 0 Å². The van der Waals surface area contributed by atoms with Gasteiger partial charge >= 0.3 is 6.18 Å². The van der Waals surface area contributed by atoms with Gasteiger partial charge in [-0.25, -0.2) is 0 Å².